The topological polar surface area (TPSA) is 234 Å². The fraction of sp³-hybridized carbons (Fsp3) is 0.638. The highest BCUT2D eigenvalue weighted by Crippen LogP contribution is 2.65. The minimum atomic E-state index is -1.21. The minimum Gasteiger partial charge on any atom is -0.403 e. The van der Waals surface area contributed by atoms with Gasteiger partial charge in [-0.3, -0.25) is 24.0 Å². The van der Waals surface area contributed by atoms with E-state index in [2.05, 4.69) is 78.5 Å². The third-order valence-electron chi connectivity index (χ3n) is 13.8. The molecule has 350 valence electrons. The number of nitrogens with two attached hydrogens (primary N) is 2. The maximum Gasteiger partial charge on any atom is 0.497 e. The molecule has 7 rings (SSSR count). The van der Waals surface area contributed by atoms with Crippen molar-refractivity contribution in [3.63, 3.8) is 0 Å². The van der Waals surface area contributed by atoms with Gasteiger partial charge in [0.15, 0.2) is 0 Å². The van der Waals surface area contributed by atoms with Crippen LogP contribution in [0, 0.1) is 17.3 Å². The van der Waals surface area contributed by atoms with Crippen LogP contribution >= 0.6 is 0 Å². The smallest absolute Gasteiger partial charge is 0.403 e. The Morgan fingerprint density at radius 3 is 2.20 bits per heavy atom. The number of rotatable bonds is 15. The summed E-state index contributed by atoms with van der Waals surface area (Å²) in [6.45, 7) is 10.8. The van der Waals surface area contributed by atoms with E-state index in [-0.39, 0.29) is 44.4 Å². The second-order valence-electron chi connectivity index (χ2n) is 18.8. The number of hydrogen-bond donors (Lipinski definition) is 7. The van der Waals surface area contributed by atoms with Crippen molar-refractivity contribution < 1.29 is 42.8 Å². The van der Waals surface area contributed by atoms with E-state index < -0.39 is 72.5 Å². The number of amides is 5. The molecule has 2 heterocycles. The highest BCUT2D eigenvalue weighted by atomic mass is 16.7. The number of benzene rings is 2. The van der Waals surface area contributed by atoms with Crippen LogP contribution in [0.15, 0.2) is 48.5 Å². The molecule has 2 aromatic carbocycles. The van der Waals surface area contributed by atoms with Crippen molar-refractivity contribution in [3.8, 4) is 11.1 Å². The maximum absolute atomic E-state index is 13.9. The van der Waals surface area contributed by atoms with Crippen LogP contribution < -0.4 is 38.1 Å². The van der Waals surface area contributed by atoms with E-state index in [1.54, 1.807) is 12.1 Å². The fourth-order valence-electron chi connectivity index (χ4n) is 9.57. The van der Waals surface area contributed by atoms with E-state index in [4.69, 9.17) is 30.2 Å². The lowest BCUT2D eigenvalue weighted by atomic mass is 9.43. The predicted molar refractivity (Wildman–Crippen MR) is 243 cm³/mol. The van der Waals surface area contributed by atoms with E-state index in [0.717, 1.165) is 43.2 Å². The second kappa shape index (κ2) is 22.2. The van der Waals surface area contributed by atoms with Crippen molar-refractivity contribution in [2.45, 2.75) is 141 Å². The zero-order valence-electron chi connectivity index (χ0n) is 38.3. The minimum absolute atomic E-state index is 0.130. The zero-order chi connectivity index (χ0) is 46.0. The molecule has 0 radical (unpaired) electrons. The Morgan fingerprint density at radius 2 is 1.55 bits per heavy atom. The largest absolute Gasteiger partial charge is 0.497 e. The highest BCUT2D eigenvalue weighted by molar-refractivity contribution is 6.47. The molecule has 9 N–H and O–H groups in total. The molecule has 5 aliphatic rings. The van der Waals surface area contributed by atoms with E-state index in [0.29, 0.717) is 49.6 Å². The molecule has 0 aromatic heterocycles. The zero-order valence-corrected chi connectivity index (χ0v) is 38.3. The summed E-state index contributed by atoms with van der Waals surface area (Å²) in [6, 6.07) is 10.1. The van der Waals surface area contributed by atoms with Crippen LogP contribution in [-0.4, -0.2) is 112 Å². The molecular weight excluding hydrogens is 817 g/mol. The van der Waals surface area contributed by atoms with Crippen LogP contribution in [-0.2, 0) is 44.4 Å². The van der Waals surface area contributed by atoms with E-state index in [1.807, 2.05) is 12.1 Å². The molecule has 2 bridgehead atoms. The number of unbranched alkanes of at least 4 members (excludes halogenated alkanes) is 2. The van der Waals surface area contributed by atoms with E-state index in [1.165, 1.54) is 12.5 Å². The number of carbonyl (C=O) groups is 5. The third-order valence-corrected chi connectivity index (χ3v) is 13.8. The monoisotopic (exact) mass is 888 g/mol. The Balaban J connectivity index is 1.06. The summed E-state index contributed by atoms with van der Waals surface area (Å²) in [4.78, 5) is 68.4. The Morgan fingerprint density at radius 1 is 0.875 bits per heavy atom. The van der Waals surface area contributed by atoms with Crippen molar-refractivity contribution >= 4 is 36.7 Å². The van der Waals surface area contributed by atoms with Gasteiger partial charge in [0.2, 0.25) is 23.6 Å². The maximum atomic E-state index is 13.9. The van der Waals surface area contributed by atoms with Gasteiger partial charge in [-0.15, -0.1) is 0 Å². The summed E-state index contributed by atoms with van der Waals surface area (Å²) in [5, 5.41) is 13.7. The molecule has 17 heteroatoms. The van der Waals surface area contributed by atoms with Crippen LogP contribution in [0.3, 0.4) is 0 Å². The number of ether oxygens (including phenoxy) is 2. The highest BCUT2D eigenvalue weighted by Gasteiger charge is 2.68. The van der Waals surface area contributed by atoms with Crippen LogP contribution in [0.2, 0.25) is 0 Å². The molecule has 3 saturated carbocycles. The van der Waals surface area contributed by atoms with Gasteiger partial charge in [-0.2, -0.15) is 0 Å². The molecule has 5 amide bonds. The van der Waals surface area contributed by atoms with Crippen molar-refractivity contribution in [3.05, 3.63) is 59.7 Å². The molecule has 3 aliphatic carbocycles. The first-order valence-corrected chi connectivity index (χ1v) is 23.3. The average Bonchev–Trinajstić information content (AvgIpc) is 3.65. The number of hydrogen-bond acceptors (Lipinski definition) is 11. The molecule has 16 nitrogen and oxygen atoms in total. The lowest BCUT2D eigenvalue weighted by Gasteiger charge is -2.64. The van der Waals surface area contributed by atoms with Crippen molar-refractivity contribution in [1.29, 1.82) is 0 Å². The summed E-state index contributed by atoms with van der Waals surface area (Å²) in [5.74, 6) is -2.12. The summed E-state index contributed by atoms with van der Waals surface area (Å²) >= 11 is 0. The van der Waals surface area contributed by atoms with Crippen molar-refractivity contribution in [1.82, 2.24) is 26.6 Å². The third kappa shape index (κ3) is 11.9. The van der Waals surface area contributed by atoms with Crippen LogP contribution in [0.1, 0.15) is 108 Å². The molecule has 1 unspecified atom stereocenters. The van der Waals surface area contributed by atoms with E-state index in [9.17, 15) is 24.0 Å². The Labute approximate surface area is 378 Å². The van der Waals surface area contributed by atoms with Crippen molar-refractivity contribution in [2.75, 3.05) is 33.0 Å². The SMILES string of the molecule is CCCCc1ccc(-c2ccc(C(=O)NC(CCCCN)C(=O)N[C@H]3COCCCCOC[C@@H](C(=O)N[C@@H](N)B4O[C@@H]5C[C@@H]6C[C@@H](C6(C)C)[C@]5(C)O4)NC(=O)[C@H](C)NC3=O)cc2)cc1. The molecule has 0 spiro atoms. The first-order valence-electron chi connectivity index (χ1n) is 23.3. The lowest BCUT2D eigenvalue weighted by molar-refractivity contribution is -0.199. The lowest BCUT2D eigenvalue weighted by Crippen LogP contribution is -2.65. The Hall–Kier alpha value is -4.39. The summed E-state index contributed by atoms with van der Waals surface area (Å²) < 4.78 is 24.3. The Kier molecular flexibility index (Phi) is 17.0. The van der Waals surface area contributed by atoms with Gasteiger partial charge in [-0.05, 0) is 124 Å². The number of nitrogens with one attached hydrogen (secondary N) is 5. The van der Waals surface area contributed by atoms with Gasteiger partial charge in [0.1, 0.15) is 30.2 Å². The van der Waals surface area contributed by atoms with Gasteiger partial charge >= 0.3 is 7.12 Å². The molecule has 5 fully saturated rings. The molecule has 64 heavy (non-hydrogen) atoms. The molecule has 2 saturated heterocycles. The normalized spacial score (nSPS) is 28.1. The molecular formula is C47H70BN7O9. The van der Waals surface area contributed by atoms with Gasteiger partial charge in [-0.25, -0.2) is 0 Å². The first kappa shape index (κ1) is 49.1. The second-order valence-corrected chi connectivity index (χ2v) is 18.8. The van der Waals surface area contributed by atoms with Gasteiger partial charge in [0, 0.05) is 18.8 Å². The van der Waals surface area contributed by atoms with Crippen LogP contribution in [0.4, 0.5) is 0 Å². The summed E-state index contributed by atoms with van der Waals surface area (Å²) in [7, 11) is -0.873. The van der Waals surface area contributed by atoms with Gasteiger partial charge in [0.25, 0.3) is 5.91 Å². The van der Waals surface area contributed by atoms with Gasteiger partial charge in [-0.1, -0.05) is 63.6 Å². The van der Waals surface area contributed by atoms with Crippen LogP contribution in [0.5, 0.6) is 0 Å². The average molecular weight is 888 g/mol. The standard InChI is InChI=1S/C47H70BN7O9/c1-6-7-12-30-14-16-31(17-15-30)32-18-20-33(21-19-32)41(57)52-35(13-8-9-22-49)42(58)54-36-27-61-23-10-11-24-62-28-37(53-40(56)29(2)51-43(36)59)44(60)55-45(50)48-63-39-26-34-25-38(46(34,3)4)47(39,5)64-48/h14-21,29,34-39,45H,6-13,22-28,49-50H2,1-5H3,(H,51,59)(H,52,57)(H,53,56)(H,54,58)(H,55,60)/t29-,34-,35?,36-,37-,38-,39+,45+,47-/m0/s1. The fourth-order valence-corrected chi connectivity index (χ4v) is 9.57. The van der Waals surface area contributed by atoms with Crippen LogP contribution in [0.25, 0.3) is 11.1 Å². The summed E-state index contributed by atoms with van der Waals surface area (Å²) in [5.41, 5.74) is 15.5. The predicted octanol–water partition coefficient (Wildman–Crippen LogP) is 2.89. The number of aryl methyl sites for hydroxylation is 1. The number of carbonyl (C=O) groups excluding carboxylic acids is 5. The molecule has 2 aromatic rings. The summed E-state index contributed by atoms with van der Waals surface area (Å²) in [6.07, 6.45) is 7.67. The van der Waals surface area contributed by atoms with Crippen molar-refractivity contribution in [2.24, 2.45) is 28.7 Å². The quantitative estimate of drug-likeness (QED) is 0.0781. The Bertz CT molecular complexity index is 1920. The molecule has 9 atom stereocenters. The van der Waals surface area contributed by atoms with Gasteiger partial charge in [0.05, 0.1) is 24.9 Å². The van der Waals surface area contributed by atoms with E-state index >= 15 is 0 Å². The van der Waals surface area contributed by atoms with Gasteiger partial charge < -0.3 is 56.8 Å². The first-order chi connectivity index (χ1) is 30.6. The molecule has 2 aliphatic heterocycles.